The average molecular weight is 367 g/mol. The van der Waals surface area contributed by atoms with Crippen molar-refractivity contribution in [2.45, 2.75) is 38.8 Å². The number of carbonyl (C=O) groups is 3. The Morgan fingerprint density at radius 2 is 1.69 bits per heavy atom. The number of hydrogen-bond donors (Lipinski definition) is 1. The third-order valence-corrected chi connectivity index (χ3v) is 3.03. The topological polar surface area (TPSA) is 100 Å². The van der Waals surface area contributed by atoms with Gasteiger partial charge < -0.3 is 24.3 Å². The standard InChI is InChI=1S/C18H25NO7/c1-18(2,3)26-17(22)19-14(16(21)24-5)10-12-6-8-13(9-7-12)25-15(20)11-23-4/h6-9,14H,10-11H2,1-5H3,(H,19,22)/t14-/m0/s1. The van der Waals surface area contributed by atoms with Crippen LogP contribution in [0.15, 0.2) is 24.3 Å². The quantitative estimate of drug-likeness (QED) is 0.580. The number of methoxy groups -OCH3 is 2. The molecular weight excluding hydrogens is 342 g/mol. The number of benzene rings is 1. The summed E-state index contributed by atoms with van der Waals surface area (Å²) >= 11 is 0. The summed E-state index contributed by atoms with van der Waals surface area (Å²) in [5, 5.41) is 2.50. The summed E-state index contributed by atoms with van der Waals surface area (Å²) in [5.74, 6) is -0.753. The molecule has 0 aromatic heterocycles. The fourth-order valence-electron chi connectivity index (χ4n) is 1.99. The molecule has 0 spiro atoms. The van der Waals surface area contributed by atoms with Gasteiger partial charge in [0.1, 0.15) is 24.0 Å². The van der Waals surface area contributed by atoms with Crippen molar-refractivity contribution >= 4 is 18.0 Å². The predicted molar refractivity (Wildman–Crippen MR) is 92.8 cm³/mol. The molecule has 144 valence electrons. The highest BCUT2D eigenvalue weighted by Gasteiger charge is 2.25. The fourth-order valence-corrected chi connectivity index (χ4v) is 1.99. The van der Waals surface area contributed by atoms with Gasteiger partial charge in [0.25, 0.3) is 0 Å². The normalized spacial score (nSPS) is 12.0. The van der Waals surface area contributed by atoms with Crippen LogP contribution < -0.4 is 10.1 Å². The van der Waals surface area contributed by atoms with E-state index in [9.17, 15) is 14.4 Å². The molecule has 0 saturated carbocycles. The Morgan fingerprint density at radius 3 is 2.19 bits per heavy atom. The number of hydrogen-bond acceptors (Lipinski definition) is 7. The van der Waals surface area contributed by atoms with E-state index in [1.165, 1.54) is 14.2 Å². The number of ether oxygens (including phenoxy) is 4. The molecule has 1 rings (SSSR count). The first-order chi connectivity index (χ1) is 12.1. The minimum atomic E-state index is -0.906. The molecule has 0 fully saturated rings. The van der Waals surface area contributed by atoms with Crippen LogP contribution in [0.25, 0.3) is 0 Å². The Labute approximate surface area is 152 Å². The molecule has 8 heteroatoms. The second kappa shape index (κ2) is 9.76. The lowest BCUT2D eigenvalue weighted by atomic mass is 10.1. The van der Waals surface area contributed by atoms with Crippen molar-refractivity contribution in [3.8, 4) is 5.75 Å². The van der Waals surface area contributed by atoms with Crippen molar-refractivity contribution in [2.24, 2.45) is 0 Å². The summed E-state index contributed by atoms with van der Waals surface area (Å²) in [6.45, 7) is 5.03. The Morgan fingerprint density at radius 1 is 1.08 bits per heavy atom. The van der Waals surface area contributed by atoms with Gasteiger partial charge in [0.2, 0.25) is 0 Å². The number of rotatable bonds is 7. The largest absolute Gasteiger partial charge is 0.467 e. The van der Waals surface area contributed by atoms with Crippen LogP contribution in [0.1, 0.15) is 26.3 Å². The molecule has 26 heavy (non-hydrogen) atoms. The lowest BCUT2D eigenvalue weighted by molar-refractivity contribution is -0.143. The van der Waals surface area contributed by atoms with E-state index >= 15 is 0 Å². The van der Waals surface area contributed by atoms with E-state index in [1.54, 1.807) is 45.0 Å². The van der Waals surface area contributed by atoms with Crippen molar-refractivity contribution < 1.29 is 33.3 Å². The van der Waals surface area contributed by atoms with Gasteiger partial charge in [-0.25, -0.2) is 14.4 Å². The molecule has 1 aromatic rings. The second-order valence-electron chi connectivity index (χ2n) is 6.48. The van der Waals surface area contributed by atoms with Crippen LogP contribution in [0, 0.1) is 0 Å². The van der Waals surface area contributed by atoms with Crippen molar-refractivity contribution in [2.75, 3.05) is 20.8 Å². The van der Waals surface area contributed by atoms with Gasteiger partial charge in [-0.1, -0.05) is 12.1 Å². The summed E-state index contributed by atoms with van der Waals surface area (Å²) in [5.41, 5.74) is 0.0568. The van der Waals surface area contributed by atoms with E-state index in [0.717, 1.165) is 5.56 Å². The highest BCUT2D eigenvalue weighted by Crippen LogP contribution is 2.15. The highest BCUT2D eigenvalue weighted by atomic mass is 16.6. The minimum Gasteiger partial charge on any atom is -0.467 e. The van der Waals surface area contributed by atoms with Crippen LogP contribution in [0.4, 0.5) is 4.79 Å². The Hall–Kier alpha value is -2.61. The monoisotopic (exact) mass is 367 g/mol. The van der Waals surface area contributed by atoms with Gasteiger partial charge in [-0.05, 0) is 38.5 Å². The molecular formula is C18H25NO7. The molecule has 0 bridgehead atoms. The molecule has 0 heterocycles. The van der Waals surface area contributed by atoms with Gasteiger partial charge in [-0.3, -0.25) is 0 Å². The molecule has 1 aromatic carbocycles. The van der Waals surface area contributed by atoms with Crippen LogP contribution in [-0.4, -0.2) is 50.5 Å². The Bertz CT molecular complexity index is 619. The van der Waals surface area contributed by atoms with Crippen molar-refractivity contribution in [1.29, 1.82) is 0 Å². The van der Waals surface area contributed by atoms with Gasteiger partial charge in [0, 0.05) is 13.5 Å². The van der Waals surface area contributed by atoms with Crippen molar-refractivity contribution in [3.05, 3.63) is 29.8 Å². The smallest absolute Gasteiger partial charge is 0.408 e. The Kier molecular flexibility index (Phi) is 8.05. The summed E-state index contributed by atoms with van der Waals surface area (Å²) in [4.78, 5) is 35.2. The third kappa shape index (κ3) is 7.98. The molecule has 0 aliphatic rings. The maximum Gasteiger partial charge on any atom is 0.408 e. The van der Waals surface area contributed by atoms with Crippen LogP contribution in [0.5, 0.6) is 5.75 Å². The molecule has 0 radical (unpaired) electrons. The molecule has 0 unspecified atom stereocenters. The zero-order valence-corrected chi connectivity index (χ0v) is 15.7. The van der Waals surface area contributed by atoms with E-state index in [0.29, 0.717) is 5.75 Å². The van der Waals surface area contributed by atoms with Gasteiger partial charge in [0.15, 0.2) is 0 Å². The average Bonchev–Trinajstić information content (AvgIpc) is 2.53. The molecule has 1 N–H and O–H groups in total. The van der Waals surface area contributed by atoms with E-state index < -0.39 is 29.7 Å². The fraction of sp³-hybridized carbons (Fsp3) is 0.500. The Balaban J connectivity index is 2.74. The first-order valence-electron chi connectivity index (χ1n) is 8.00. The third-order valence-electron chi connectivity index (χ3n) is 3.03. The second-order valence-corrected chi connectivity index (χ2v) is 6.48. The van der Waals surface area contributed by atoms with Crippen LogP contribution in [0.3, 0.4) is 0 Å². The van der Waals surface area contributed by atoms with E-state index in [1.807, 2.05) is 0 Å². The number of esters is 2. The minimum absolute atomic E-state index is 0.147. The molecule has 0 aliphatic heterocycles. The SMILES string of the molecule is COCC(=O)Oc1ccc(C[C@H](NC(=O)OC(C)(C)C)C(=O)OC)cc1. The number of nitrogens with one attached hydrogen (secondary N) is 1. The highest BCUT2D eigenvalue weighted by molar-refractivity contribution is 5.81. The first kappa shape index (κ1) is 21.4. The zero-order valence-electron chi connectivity index (χ0n) is 15.7. The molecule has 1 amide bonds. The number of amides is 1. The van der Waals surface area contributed by atoms with Crippen LogP contribution >= 0.6 is 0 Å². The van der Waals surface area contributed by atoms with Crippen LogP contribution in [-0.2, 0) is 30.2 Å². The summed E-state index contributed by atoms with van der Waals surface area (Å²) < 4.78 is 19.6. The van der Waals surface area contributed by atoms with Crippen molar-refractivity contribution in [3.63, 3.8) is 0 Å². The summed E-state index contributed by atoms with van der Waals surface area (Å²) in [6.07, 6.45) is -0.517. The van der Waals surface area contributed by atoms with Gasteiger partial charge in [-0.2, -0.15) is 0 Å². The summed E-state index contributed by atoms with van der Waals surface area (Å²) in [6, 6.07) is 5.64. The number of carbonyl (C=O) groups excluding carboxylic acids is 3. The van der Waals surface area contributed by atoms with Crippen molar-refractivity contribution in [1.82, 2.24) is 5.32 Å². The zero-order chi connectivity index (χ0) is 19.7. The maximum absolute atomic E-state index is 11.9. The molecule has 8 nitrogen and oxygen atoms in total. The maximum atomic E-state index is 11.9. The van der Waals surface area contributed by atoms with E-state index in [2.05, 4.69) is 10.1 Å². The number of alkyl carbamates (subject to hydrolysis) is 1. The van der Waals surface area contributed by atoms with E-state index in [4.69, 9.17) is 14.2 Å². The first-order valence-corrected chi connectivity index (χ1v) is 8.00. The predicted octanol–water partition coefficient (Wildman–Crippen LogP) is 1.85. The van der Waals surface area contributed by atoms with Gasteiger partial charge >= 0.3 is 18.0 Å². The lowest BCUT2D eigenvalue weighted by Crippen LogP contribution is -2.45. The van der Waals surface area contributed by atoms with E-state index in [-0.39, 0.29) is 13.0 Å². The molecule has 0 aliphatic carbocycles. The molecule has 1 atom stereocenters. The van der Waals surface area contributed by atoms with Gasteiger partial charge in [-0.15, -0.1) is 0 Å². The van der Waals surface area contributed by atoms with Crippen LogP contribution in [0.2, 0.25) is 0 Å². The van der Waals surface area contributed by atoms with Gasteiger partial charge in [0.05, 0.1) is 7.11 Å². The summed E-state index contributed by atoms with van der Waals surface area (Å²) in [7, 11) is 2.64. The molecule has 0 saturated heterocycles. The lowest BCUT2D eigenvalue weighted by Gasteiger charge is -2.22.